The number of piperidine rings is 1. The average molecular weight is 438 g/mol. The van der Waals surface area contributed by atoms with Gasteiger partial charge in [-0.1, -0.05) is 42.1 Å². The van der Waals surface area contributed by atoms with Gasteiger partial charge in [0.1, 0.15) is 11.5 Å². The Labute approximate surface area is 185 Å². The number of thioether (sulfide) groups is 1. The zero-order valence-electron chi connectivity index (χ0n) is 17.3. The molecule has 0 aliphatic carbocycles. The summed E-state index contributed by atoms with van der Waals surface area (Å²) in [5, 5.41) is 0.428. The number of rotatable bonds is 4. The molecule has 1 fully saturated rings. The number of amidine groups is 1. The second-order valence-electron chi connectivity index (χ2n) is 7.67. The van der Waals surface area contributed by atoms with Crippen LogP contribution in [0.15, 0.2) is 65.3 Å². The zero-order chi connectivity index (χ0) is 21.8. The van der Waals surface area contributed by atoms with Crippen LogP contribution in [0.3, 0.4) is 0 Å². The largest absolute Gasteiger partial charge is 0.339 e. The number of hydrogen-bond donors (Lipinski definition) is 0. The smallest absolute Gasteiger partial charge is 0.283 e. The monoisotopic (exact) mass is 437 g/mol. The van der Waals surface area contributed by atoms with Crippen LogP contribution in [0.5, 0.6) is 0 Å². The summed E-state index contributed by atoms with van der Waals surface area (Å²) in [6, 6.07) is 15.4. The molecule has 7 heteroatoms. The Bertz CT molecular complexity index is 1020. The average Bonchev–Trinajstić information content (AvgIpc) is 3.09. The van der Waals surface area contributed by atoms with Gasteiger partial charge >= 0.3 is 0 Å². The number of carbonyl (C=O) groups is 2. The van der Waals surface area contributed by atoms with Crippen molar-refractivity contribution in [1.82, 2.24) is 4.90 Å². The van der Waals surface area contributed by atoms with Crippen molar-refractivity contribution in [2.75, 3.05) is 17.2 Å². The standard InChI is InChI=1S/C24H24FN3O2S/c1-17-7-5-6-14-27(17)22(29)16-31-24-26-21(15-18-8-3-2-4-9-18)23(30)28(24)20-12-10-19(25)11-13-20/h2-4,8-13,15,17H,5-7,14,16H2,1H3. The molecular weight excluding hydrogens is 413 g/mol. The second-order valence-corrected chi connectivity index (χ2v) is 8.61. The molecule has 4 rings (SSSR count). The summed E-state index contributed by atoms with van der Waals surface area (Å²) in [5.41, 5.74) is 1.67. The van der Waals surface area contributed by atoms with Crippen LogP contribution in [0.1, 0.15) is 31.7 Å². The fourth-order valence-electron chi connectivity index (χ4n) is 3.80. The number of nitrogens with zero attached hydrogens (tertiary/aromatic N) is 3. The Morgan fingerprint density at radius 1 is 1.16 bits per heavy atom. The van der Waals surface area contributed by atoms with E-state index in [4.69, 9.17) is 0 Å². The Balaban J connectivity index is 1.58. The van der Waals surface area contributed by atoms with Crippen molar-refractivity contribution in [2.24, 2.45) is 4.99 Å². The fourth-order valence-corrected chi connectivity index (χ4v) is 4.69. The maximum atomic E-state index is 13.4. The molecule has 0 radical (unpaired) electrons. The van der Waals surface area contributed by atoms with E-state index in [0.29, 0.717) is 10.9 Å². The maximum absolute atomic E-state index is 13.4. The highest BCUT2D eigenvalue weighted by Crippen LogP contribution is 2.30. The molecule has 2 aromatic rings. The summed E-state index contributed by atoms with van der Waals surface area (Å²) in [7, 11) is 0. The number of benzene rings is 2. The van der Waals surface area contributed by atoms with E-state index in [1.54, 1.807) is 18.2 Å². The van der Waals surface area contributed by atoms with Crippen molar-refractivity contribution in [3.63, 3.8) is 0 Å². The van der Waals surface area contributed by atoms with E-state index >= 15 is 0 Å². The van der Waals surface area contributed by atoms with Gasteiger partial charge in [-0.05, 0) is 62.1 Å². The van der Waals surface area contributed by atoms with Crippen LogP contribution in [0.2, 0.25) is 0 Å². The number of hydrogen-bond acceptors (Lipinski definition) is 4. The number of anilines is 1. The minimum atomic E-state index is -0.379. The van der Waals surface area contributed by atoms with Gasteiger partial charge in [-0.2, -0.15) is 0 Å². The molecule has 1 atom stereocenters. The summed E-state index contributed by atoms with van der Waals surface area (Å²) in [4.78, 5) is 33.8. The lowest BCUT2D eigenvalue weighted by Crippen LogP contribution is -2.43. The summed E-state index contributed by atoms with van der Waals surface area (Å²) >= 11 is 1.24. The number of amides is 2. The van der Waals surface area contributed by atoms with Crippen LogP contribution in [0, 0.1) is 5.82 Å². The first-order chi connectivity index (χ1) is 15.0. The normalized spacial score (nSPS) is 20.3. The molecule has 1 saturated heterocycles. The quantitative estimate of drug-likeness (QED) is 0.652. The highest BCUT2D eigenvalue weighted by molar-refractivity contribution is 8.14. The summed E-state index contributed by atoms with van der Waals surface area (Å²) in [6.07, 6.45) is 4.90. The predicted octanol–water partition coefficient (Wildman–Crippen LogP) is 4.70. The van der Waals surface area contributed by atoms with Gasteiger partial charge in [-0.15, -0.1) is 0 Å². The third-order valence-electron chi connectivity index (χ3n) is 5.47. The number of aliphatic imine (C=N–C) groups is 1. The third-order valence-corrected chi connectivity index (χ3v) is 6.39. The SMILES string of the molecule is CC1CCCCN1C(=O)CSC1=NC(=Cc2ccccc2)C(=O)N1c1ccc(F)cc1. The fraction of sp³-hybridized carbons (Fsp3) is 0.292. The van der Waals surface area contributed by atoms with Crippen LogP contribution >= 0.6 is 11.8 Å². The minimum Gasteiger partial charge on any atom is -0.339 e. The van der Waals surface area contributed by atoms with E-state index in [-0.39, 0.29) is 35.1 Å². The maximum Gasteiger partial charge on any atom is 0.283 e. The molecule has 2 amide bonds. The van der Waals surface area contributed by atoms with Crippen LogP contribution < -0.4 is 4.90 Å². The van der Waals surface area contributed by atoms with Gasteiger partial charge in [-0.25, -0.2) is 9.38 Å². The van der Waals surface area contributed by atoms with E-state index in [2.05, 4.69) is 11.9 Å². The Hall–Kier alpha value is -2.93. The summed E-state index contributed by atoms with van der Waals surface area (Å²) in [6.45, 7) is 2.84. The molecule has 2 aliphatic heterocycles. The molecule has 2 aliphatic rings. The Morgan fingerprint density at radius 2 is 1.90 bits per heavy atom. The molecule has 2 heterocycles. The van der Waals surface area contributed by atoms with Gasteiger partial charge in [0.25, 0.3) is 5.91 Å². The highest BCUT2D eigenvalue weighted by Gasteiger charge is 2.33. The van der Waals surface area contributed by atoms with E-state index in [0.717, 1.165) is 31.4 Å². The first kappa shape index (κ1) is 21.3. The molecule has 0 spiro atoms. The molecular formula is C24H24FN3O2S. The first-order valence-corrected chi connectivity index (χ1v) is 11.4. The summed E-state index contributed by atoms with van der Waals surface area (Å²) < 4.78 is 13.4. The van der Waals surface area contributed by atoms with Crippen LogP contribution in [-0.2, 0) is 9.59 Å². The number of likely N-dealkylation sites (tertiary alicyclic amines) is 1. The number of carbonyl (C=O) groups excluding carboxylic acids is 2. The zero-order valence-corrected chi connectivity index (χ0v) is 18.1. The molecule has 2 aromatic carbocycles. The van der Waals surface area contributed by atoms with Crippen molar-refractivity contribution in [2.45, 2.75) is 32.2 Å². The second kappa shape index (κ2) is 9.47. The number of halogens is 1. The molecule has 0 bridgehead atoms. The van der Waals surface area contributed by atoms with Crippen molar-refractivity contribution in [1.29, 1.82) is 0 Å². The Kier molecular flexibility index (Phi) is 6.51. The van der Waals surface area contributed by atoms with E-state index < -0.39 is 0 Å². The van der Waals surface area contributed by atoms with Crippen LogP contribution in [-0.4, -0.2) is 40.2 Å². The van der Waals surface area contributed by atoms with Gasteiger partial charge in [-0.3, -0.25) is 14.5 Å². The van der Waals surface area contributed by atoms with Gasteiger partial charge < -0.3 is 4.90 Å². The highest BCUT2D eigenvalue weighted by atomic mass is 32.2. The third kappa shape index (κ3) is 4.88. The molecule has 0 saturated carbocycles. The van der Waals surface area contributed by atoms with Crippen molar-refractivity contribution in [3.8, 4) is 0 Å². The lowest BCUT2D eigenvalue weighted by molar-refractivity contribution is -0.131. The van der Waals surface area contributed by atoms with E-state index in [9.17, 15) is 14.0 Å². The van der Waals surface area contributed by atoms with E-state index in [1.165, 1.54) is 28.8 Å². The molecule has 0 aromatic heterocycles. The van der Waals surface area contributed by atoms with Crippen molar-refractivity contribution in [3.05, 3.63) is 71.7 Å². The Morgan fingerprint density at radius 3 is 2.61 bits per heavy atom. The van der Waals surface area contributed by atoms with Gasteiger partial charge in [0, 0.05) is 12.6 Å². The van der Waals surface area contributed by atoms with Gasteiger partial charge in [0.2, 0.25) is 5.91 Å². The summed E-state index contributed by atoms with van der Waals surface area (Å²) in [5.74, 6) is -0.424. The molecule has 5 nitrogen and oxygen atoms in total. The molecule has 0 N–H and O–H groups in total. The molecule has 31 heavy (non-hydrogen) atoms. The predicted molar refractivity (Wildman–Crippen MR) is 123 cm³/mol. The molecule has 160 valence electrons. The van der Waals surface area contributed by atoms with Crippen molar-refractivity contribution >= 4 is 40.5 Å². The minimum absolute atomic E-state index is 0.0481. The lowest BCUT2D eigenvalue weighted by Gasteiger charge is -2.33. The topological polar surface area (TPSA) is 53.0 Å². The molecule has 1 unspecified atom stereocenters. The van der Waals surface area contributed by atoms with Gasteiger partial charge in [0.05, 0.1) is 11.4 Å². The van der Waals surface area contributed by atoms with E-state index in [1.807, 2.05) is 35.2 Å². The van der Waals surface area contributed by atoms with Gasteiger partial charge in [0.15, 0.2) is 5.17 Å². The van der Waals surface area contributed by atoms with Crippen LogP contribution in [0.25, 0.3) is 6.08 Å². The van der Waals surface area contributed by atoms with Crippen molar-refractivity contribution < 1.29 is 14.0 Å². The van der Waals surface area contributed by atoms with Crippen LogP contribution in [0.4, 0.5) is 10.1 Å². The lowest BCUT2D eigenvalue weighted by atomic mass is 10.0. The first-order valence-electron chi connectivity index (χ1n) is 10.4.